The summed E-state index contributed by atoms with van der Waals surface area (Å²) >= 11 is 0. The van der Waals surface area contributed by atoms with Crippen molar-refractivity contribution in [2.75, 3.05) is 0 Å². The number of nitrogens with one attached hydrogen (secondary N) is 1. The molecule has 1 atom stereocenters. The highest BCUT2D eigenvalue weighted by Crippen LogP contribution is 2.14. The van der Waals surface area contributed by atoms with Crippen LogP contribution in [0.5, 0.6) is 0 Å². The van der Waals surface area contributed by atoms with Crippen LogP contribution in [0.15, 0.2) is 59.7 Å². The van der Waals surface area contributed by atoms with Crippen LogP contribution in [0.4, 0.5) is 0 Å². The molecule has 0 saturated carbocycles. The normalized spacial score (nSPS) is 11.9. The van der Waals surface area contributed by atoms with Gasteiger partial charge in [-0.15, -0.1) is 0 Å². The molecule has 2 heterocycles. The maximum absolute atomic E-state index is 12.5. The first-order valence-electron chi connectivity index (χ1n) is 7.38. The zero-order valence-corrected chi connectivity index (χ0v) is 13.0. The minimum Gasteiger partial charge on any atom is -0.342 e. The Morgan fingerprint density at radius 3 is 2.50 bits per heavy atom. The molecule has 0 fully saturated rings. The van der Waals surface area contributed by atoms with Crippen molar-refractivity contribution in [3.63, 3.8) is 0 Å². The minimum absolute atomic E-state index is 0.173. The van der Waals surface area contributed by atoms with Gasteiger partial charge >= 0.3 is 0 Å². The van der Waals surface area contributed by atoms with Crippen LogP contribution in [0.3, 0.4) is 0 Å². The van der Waals surface area contributed by atoms with E-state index in [1.165, 1.54) is 24.0 Å². The molecule has 1 N–H and O–H groups in total. The molecule has 1 aromatic carbocycles. The molecule has 0 radical (unpaired) electrons. The van der Waals surface area contributed by atoms with Crippen molar-refractivity contribution in [3.8, 4) is 0 Å². The Labute approximate surface area is 137 Å². The highest BCUT2D eigenvalue weighted by atomic mass is 16.2. The van der Waals surface area contributed by atoms with Crippen LogP contribution in [0.25, 0.3) is 0 Å². The SMILES string of the molecule is Cn1nc(C(=O)N[C@@H](Cn2nccn2)c2ccccc2)ccc1=O. The predicted molar refractivity (Wildman–Crippen MR) is 86.1 cm³/mol. The van der Waals surface area contributed by atoms with Crippen molar-refractivity contribution in [2.45, 2.75) is 12.6 Å². The molecule has 0 aliphatic carbocycles. The van der Waals surface area contributed by atoms with Crippen LogP contribution >= 0.6 is 0 Å². The van der Waals surface area contributed by atoms with Crippen LogP contribution in [0, 0.1) is 0 Å². The Kier molecular flexibility index (Phi) is 4.46. The van der Waals surface area contributed by atoms with Gasteiger partial charge in [0.1, 0.15) is 5.69 Å². The van der Waals surface area contributed by atoms with Crippen LogP contribution in [-0.4, -0.2) is 30.7 Å². The fourth-order valence-electron chi connectivity index (χ4n) is 2.28. The summed E-state index contributed by atoms with van der Waals surface area (Å²) in [5.41, 5.74) is 0.825. The minimum atomic E-state index is -0.369. The van der Waals surface area contributed by atoms with Gasteiger partial charge in [0, 0.05) is 13.1 Å². The number of carbonyl (C=O) groups is 1. The van der Waals surface area contributed by atoms with Gasteiger partial charge in [0.2, 0.25) is 0 Å². The average molecular weight is 324 g/mol. The molecule has 8 nitrogen and oxygen atoms in total. The van der Waals surface area contributed by atoms with Crippen molar-refractivity contribution in [1.82, 2.24) is 30.1 Å². The maximum atomic E-state index is 12.5. The molecule has 8 heteroatoms. The summed E-state index contributed by atoms with van der Waals surface area (Å²) in [6, 6.07) is 11.9. The van der Waals surface area contributed by atoms with Crippen LogP contribution in [0.1, 0.15) is 22.1 Å². The summed E-state index contributed by atoms with van der Waals surface area (Å²) in [7, 11) is 1.50. The molecule has 0 bridgehead atoms. The van der Waals surface area contributed by atoms with E-state index in [1.54, 1.807) is 12.4 Å². The third-order valence-electron chi connectivity index (χ3n) is 3.51. The number of nitrogens with zero attached hydrogens (tertiary/aromatic N) is 5. The van der Waals surface area contributed by atoms with Crippen molar-refractivity contribution < 1.29 is 4.79 Å². The summed E-state index contributed by atoms with van der Waals surface area (Å²) in [5.74, 6) is -0.369. The third-order valence-corrected chi connectivity index (χ3v) is 3.51. The van der Waals surface area contributed by atoms with Gasteiger partial charge in [-0.25, -0.2) is 4.68 Å². The lowest BCUT2D eigenvalue weighted by Gasteiger charge is -2.18. The molecule has 122 valence electrons. The van der Waals surface area contributed by atoms with E-state index < -0.39 is 0 Å². The van der Waals surface area contributed by atoms with Crippen LogP contribution in [-0.2, 0) is 13.6 Å². The van der Waals surface area contributed by atoms with Crippen molar-refractivity contribution >= 4 is 5.91 Å². The summed E-state index contributed by atoms with van der Waals surface area (Å²) in [5, 5.41) is 15.0. The number of hydrogen-bond acceptors (Lipinski definition) is 5. The molecule has 0 aliphatic rings. The molecule has 0 aliphatic heterocycles. The zero-order valence-electron chi connectivity index (χ0n) is 13.0. The molecule has 0 spiro atoms. The number of benzene rings is 1. The fourth-order valence-corrected chi connectivity index (χ4v) is 2.28. The van der Waals surface area contributed by atoms with Gasteiger partial charge in [0.05, 0.1) is 25.0 Å². The number of aryl methyl sites for hydroxylation is 1. The Bertz CT molecular complexity index is 873. The second-order valence-electron chi connectivity index (χ2n) is 5.20. The predicted octanol–water partition coefficient (Wildman–Crippen LogP) is 0.543. The maximum Gasteiger partial charge on any atom is 0.272 e. The Balaban J connectivity index is 1.84. The lowest BCUT2D eigenvalue weighted by Crippen LogP contribution is -2.34. The summed E-state index contributed by atoms with van der Waals surface area (Å²) in [6.07, 6.45) is 3.16. The van der Waals surface area contributed by atoms with E-state index in [1.807, 2.05) is 30.3 Å². The van der Waals surface area contributed by atoms with E-state index in [0.29, 0.717) is 6.54 Å². The Hall–Kier alpha value is -3.29. The number of hydrogen-bond donors (Lipinski definition) is 1. The smallest absolute Gasteiger partial charge is 0.272 e. The number of carbonyl (C=O) groups excluding carboxylic acids is 1. The van der Waals surface area contributed by atoms with Gasteiger partial charge in [-0.3, -0.25) is 9.59 Å². The monoisotopic (exact) mass is 324 g/mol. The van der Waals surface area contributed by atoms with Gasteiger partial charge in [-0.2, -0.15) is 20.1 Å². The first-order chi connectivity index (χ1) is 11.6. The highest BCUT2D eigenvalue weighted by Gasteiger charge is 2.18. The molecule has 0 unspecified atom stereocenters. The fraction of sp³-hybridized carbons (Fsp3) is 0.188. The molecule has 0 saturated heterocycles. The zero-order chi connectivity index (χ0) is 16.9. The quantitative estimate of drug-likeness (QED) is 0.739. The summed E-state index contributed by atoms with van der Waals surface area (Å²) < 4.78 is 1.13. The topological polar surface area (TPSA) is 94.7 Å². The number of rotatable bonds is 5. The largest absolute Gasteiger partial charge is 0.342 e. The second-order valence-corrected chi connectivity index (χ2v) is 5.20. The van der Waals surface area contributed by atoms with Crippen LogP contribution in [0.2, 0.25) is 0 Å². The van der Waals surface area contributed by atoms with E-state index in [2.05, 4.69) is 20.6 Å². The number of aromatic nitrogens is 5. The van der Waals surface area contributed by atoms with Gasteiger partial charge in [-0.05, 0) is 11.6 Å². The lowest BCUT2D eigenvalue weighted by atomic mass is 10.1. The van der Waals surface area contributed by atoms with E-state index in [-0.39, 0.29) is 23.2 Å². The molecule has 24 heavy (non-hydrogen) atoms. The lowest BCUT2D eigenvalue weighted by molar-refractivity contribution is 0.0923. The van der Waals surface area contributed by atoms with Gasteiger partial charge in [-0.1, -0.05) is 30.3 Å². The van der Waals surface area contributed by atoms with E-state index in [0.717, 1.165) is 10.2 Å². The summed E-state index contributed by atoms with van der Waals surface area (Å²) in [4.78, 5) is 25.4. The Morgan fingerprint density at radius 2 is 1.83 bits per heavy atom. The van der Waals surface area contributed by atoms with E-state index in [4.69, 9.17) is 0 Å². The first-order valence-corrected chi connectivity index (χ1v) is 7.38. The standard InChI is InChI=1S/C16H16N6O2/c1-21-15(23)8-7-13(20-21)16(24)19-14(11-22-17-9-10-18-22)12-5-3-2-4-6-12/h2-10,14H,11H2,1H3,(H,19,24)/t14-/m0/s1. The second kappa shape index (κ2) is 6.86. The molecular weight excluding hydrogens is 308 g/mol. The molecule has 1 amide bonds. The van der Waals surface area contributed by atoms with Crippen LogP contribution < -0.4 is 10.9 Å². The summed E-state index contributed by atoms with van der Waals surface area (Å²) in [6.45, 7) is 0.383. The highest BCUT2D eigenvalue weighted by molar-refractivity contribution is 5.92. The average Bonchev–Trinajstić information content (AvgIpc) is 3.10. The molecular formula is C16H16N6O2. The van der Waals surface area contributed by atoms with E-state index in [9.17, 15) is 9.59 Å². The number of amides is 1. The molecule has 3 aromatic rings. The van der Waals surface area contributed by atoms with Gasteiger partial charge < -0.3 is 5.32 Å². The first kappa shape index (κ1) is 15.6. The van der Waals surface area contributed by atoms with Gasteiger partial charge in [0.25, 0.3) is 11.5 Å². The molecule has 2 aromatic heterocycles. The third kappa shape index (κ3) is 3.54. The van der Waals surface area contributed by atoms with Gasteiger partial charge in [0.15, 0.2) is 0 Å². The van der Waals surface area contributed by atoms with Crippen molar-refractivity contribution in [1.29, 1.82) is 0 Å². The Morgan fingerprint density at radius 1 is 1.12 bits per heavy atom. The van der Waals surface area contributed by atoms with Crippen molar-refractivity contribution in [3.05, 3.63) is 76.5 Å². The molecule has 3 rings (SSSR count). The van der Waals surface area contributed by atoms with E-state index >= 15 is 0 Å². The van der Waals surface area contributed by atoms with Crippen molar-refractivity contribution in [2.24, 2.45) is 7.05 Å².